The fourth-order valence-corrected chi connectivity index (χ4v) is 2.61. The molecule has 1 unspecified atom stereocenters. The number of aromatic nitrogens is 1. The first-order chi connectivity index (χ1) is 9.66. The molecule has 0 spiro atoms. The van der Waals surface area contributed by atoms with Crippen LogP contribution in [0.1, 0.15) is 17.2 Å². The van der Waals surface area contributed by atoms with Crippen LogP contribution in [0.15, 0.2) is 59.2 Å². The first-order valence-electron chi connectivity index (χ1n) is 6.13. The van der Waals surface area contributed by atoms with Crippen LogP contribution in [0.3, 0.4) is 0 Å². The minimum absolute atomic E-state index is 0.335. The van der Waals surface area contributed by atoms with Gasteiger partial charge in [0.15, 0.2) is 0 Å². The van der Waals surface area contributed by atoms with Crippen molar-refractivity contribution in [2.24, 2.45) is 0 Å². The smallest absolute Gasteiger partial charge is 0.137 e. The van der Waals surface area contributed by atoms with E-state index in [0.717, 1.165) is 10.9 Å². The Morgan fingerprint density at radius 2 is 1.90 bits per heavy atom. The first kappa shape index (κ1) is 13.2. The Morgan fingerprint density at radius 1 is 1.10 bits per heavy atom. The van der Waals surface area contributed by atoms with E-state index < -0.39 is 6.10 Å². The quantitative estimate of drug-likeness (QED) is 0.762. The van der Waals surface area contributed by atoms with Crippen LogP contribution in [0, 0.1) is 5.82 Å². The monoisotopic (exact) mass is 331 g/mol. The summed E-state index contributed by atoms with van der Waals surface area (Å²) >= 11 is 3.13. The summed E-state index contributed by atoms with van der Waals surface area (Å²) in [6.45, 7) is 0. The van der Waals surface area contributed by atoms with Gasteiger partial charge in [0.25, 0.3) is 0 Å². The number of halogens is 2. The fraction of sp³-hybridized carbons (Fsp3) is 0.0625. The highest BCUT2D eigenvalue weighted by atomic mass is 79.9. The normalized spacial score (nSPS) is 12.6. The molecule has 0 aliphatic carbocycles. The number of para-hydroxylation sites is 1. The lowest BCUT2D eigenvalue weighted by Gasteiger charge is -2.14. The number of aliphatic hydroxyl groups excluding tert-OH is 1. The summed E-state index contributed by atoms with van der Waals surface area (Å²) in [7, 11) is 0. The summed E-state index contributed by atoms with van der Waals surface area (Å²) in [4.78, 5) is 4.32. The number of hydrogen-bond acceptors (Lipinski definition) is 2. The second kappa shape index (κ2) is 5.31. The molecule has 1 heterocycles. The molecule has 2 aromatic carbocycles. The van der Waals surface area contributed by atoms with Crippen LogP contribution in [0.25, 0.3) is 10.9 Å². The maximum Gasteiger partial charge on any atom is 0.137 e. The Morgan fingerprint density at radius 3 is 2.70 bits per heavy atom. The van der Waals surface area contributed by atoms with Crippen LogP contribution >= 0.6 is 15.9 Å². The lowest BCUT2D eigenvalue weighted by Crippen LogP contribution is -2.02. The van der Waals surface area contributed by atoms with Crippen LogP contribution in [-0.2, 0) is 0 Å². The average molecular weight is 332 g/mol. The molecular weight excluding hydrogens is 321 g/mol. The predicted octanol–water partition coefficient (Wildman–Crippen LogP) is 4.22. The van der Waals surface area contributed by atoms with Gasteiger partial charge in [0, 0.05) is 17.1 Å². The van der Waals surface area contributed by atoms with E-state index in [0.29, 0.717) is 15.6 Å². The molecule has 4 heteroatoms. The summed E-state index contributed by atoms with van der Waals surface area (Å²) < 4.78 is 13.6. The molecule has 3 aromatic rings. The molecule has 0 aliphatic heterocycles. The molecule has 3 rings (SSSR count). The molecule has 1 N–H and O–H groups in total. The Kier molecular flexibility index (Phi) is 3.51. The van der Waals surface area contributed by atoms with Crippen molar-refractivity contribution < 1.29 is 9.50 Å². The van der Waals surface area contributed by atoms with Crippen molar-refractivity contribution in [2.45, 2.75) is 6.10 Å². The number of hydrogen-bond donors (Lipinski definition) is 1. The van der Waals surface area contributed by atoms with Gasteiger partial charge in [-0.1, -0.05) is 30.3 Å². The summed E-state index contributed by atoms with van der Waals surface area (Å²) in [5.74, 6) is -0.350. The van der Waals surface area contributed by atoms with Crippen molar-refractivity contribution in [1.29, 1.82) is 0 Å². The van der Waals surface area contributed by atoms with E-state index in [1.54, 1.807) is 18.3 Å². The van der Waals surface area contributed by atoms with Gasteiger partial charge in [-0.2, -0.15) is 0 Å². The number of rotatable bonds is 2. The first-order valence-corrected chi connectivity index (χ1v) is 6.93. The van der Waals surface area contributed by atoms with E-state index in [1.165, 1.54) is 6.07 Å². The van der Waals surface area contributed by atoms with E-state index in [2.05, 4.69) is 20.9 Å². The molecule has 1 aromatic heterocycles. The fourth-order valence-electron chi connectivity index (χ4n) is 2.21. The number of fused-ring (bicyclic) bond motifs is 1. The Bertz CT molecular complexity index is 770. The van der Waals surface area contributed by atoms with Crippen LogP contribution in [-0.4, -0.2) is 10.1 Å². The van der Waals surface area contributed by atoms with Gasteiger partial charge in [-0.05, 0) is 39.7 Å². The number of nitrogens with zero attached hydrogens (tertiary/aromatic N) is 1. The van der Waals surface area contributed by atoms with Gasteiger partial charge in [-0.3, -0.25) is 4.98 Å². The molecule has 1 atom stereocenters. The molecule has 0 bridgehead atoms. The maximum absolute atomic E-state index is 13.3. The van der Waals surface area contributed by atoms with Gasteiger partial charge < -0.3 is 5.11 Å². The SMILES string of the molecule is OC(c1ccc(F)c(Br)c1)c1cccc2cccnc12. The van der Waals surface area contributed by atoms with Crippen molar-refractivity contribution in [3.63, 3.8) is 0 Å². The van der Waals surface area contributed by atoms with Gasteiger partial charge in [-0.25, -0.2) is 4.39 Å². The van der Waals surface area contributed by atoms with Crippen molar-refractivity contribution in [1.82, 2.24) is 4.98 Å². The van der Waals surface area contributed by atoms with Crippen LogP contribution in [0.2, 0.25) is 0 Å². The third kappa shape index (κ3) is 2.32. The van der Waals surface area contributed by atoms with Gasteiger partial charge in [0.2, 0.25) is 0 Å². The zero-order valence-corrected chi connectivity index (χ0v) is 12.0. The van der Waals surface area contributed by atoms with E-state index in [4.69, 9.17) is 0 Å². The minimum atomic E-state index is -0.842. The maximum atomic E-state index is 13.3. The highest BCUT2D eigenvalue weighted by molar-refractivity contribution is 9.10. The Labute approximate surface area is 124 Å². The Balaban J connectivity index is 2.12. The topological polar surface area (TPSA) is 33.1 Å². The Hall–Kier alpha value is -1.78. The second-order valence-electron chi connectivity index (χ2n) is 4.50. The highest BCUT2D eigenvalue weighted by Gasteiger charge is 2.15. The summed E-state index contributed by atoms with van der Waals surface area (Å²) in [6, 6.07) is 13.9. The van der Waals surface area contributed by atoms with Gasteiger partial charge in [0.1, 0.15) is 11.9 Å². The van der Waals surface area contributed by atoms with Crippen molar-refractivity contribution in [3.8, 4) is 0 Å². The second-order valence-corrected chi connectivity index (χ2v) is 5.35. The average Bonchev–Trinajstić information content (AvgIpc) is 2.49. The van der Waals surface area contributed by atoms with E-state index >= 15 is 0 Å². The number of aliphatic hydroxyl groups is 1. The number of benzene rings is 2. The zero-order chi connectivity index (χ0) is 14.1. The van der Waals surface area contributed by atoms with Crippen molar-refractivity contribution in [3.05, 3.63) is 76.1 Å². The van der Waals surface area contributed by atoms with Crippen molar-refractivity contribution >= 4 is 26.8 Å². The number of pyridine rings is 1. The molecular formula is C16H11BrFNO. The highest BCUT2D eigenvalue weighted by Crippen LogP contribution is 2.29. The molecule has 100 valence electrons. The van der Waals surface area contributed by atoms with Crippen LogP contribution in [0.4, 0.5) is 4.39 Å². The molecule has 0 radical (unpaired) electrons. The van der Waals surface area contributed by atoms with E-state index in [1.807, 2.05) is 30.3 Å². The molecule has 0 saturated heterocycles. The third-order valence-electron chi connectivity index (χ3n) is 3.22. The summed E-state index contributed by atoms with van der Waals surface area (Å²) in [5, 5.41) is 11.5. The molecule has 2 nitrogen and oxygen atoms in total. The third-order valence-corrected chi connectivity index (χ3v) is 3.83. The predicted molar refractivity (Wildman–Crippen MR) is 79.9 cm³/mol. The lowest BCUT2D eigenvalue weighted by atomic mass is 9.99. The molecule has 0 saturated carbocycles. The molecule has 0 fully saturated rings. The van der Waals surface area contributed by atoms with Gasteiger partial charge in [-0.15, -0.1) is 0 Å². The standard InChI is InChI=1S/C16H11BrFNO/c17-13-9-11(6-7-14(13)18)16(20)12-5-1-3-10-4-2-8-19-15(10)12/h1-9,16,20H. The minimum Gasteiger partial charge on any atom is -0.384 e. The van der Waals surface area contributed by atoms with Crippen LogP contribution in [0.5, 0.6) is 0 Å². The largest absolute Gasteiger partial charge is 0.384 e. The van der Waals surface area contributed by atoms with Crippen LogP contribution < -0.4 is 0 Å². The van der Waals surface area contributed by atoms with E-state index in [-0.39, 0.29) is 5.82 Å². The zero-order valence-electron chi connectivity index (χ0n) is 10.4. The van der Waals surface area contributed by atoms with Gasteiger partial charge >= 0.3 is 0 Å². The summed E-state index contributed by atoms with van der Waals surface area (Å²) in [5.41, 5.74) is 2.08. The molecule has 0 amide bonds. The summed E-state index contributed by atoms with van der Waals surface area (Å²) in [6.07, 6.45) is 0.851. The molecule has 0 aliphatic rings. The molecule has 20 heavy (non-hydrogen) atoms. The van der Waals surface area contributed by atoms with Crippen molar-refractivity contribution in [2.75, 3.05) is 0 Å². The lowest BCUT2D eigenvalue weighted by molar-refractivity contribution is 0.221. The van der Waals surface area contributed by atoms with E-state index in [9.17, 15) is 9.50 Å². The van der Waals surface area contributed by atoms with Gasteiger partial charge in [0.05, 0.1) is 9.99 Å².